The largest absolute Gasteiger partial charge is 0.283 e. The Kier molecular flexibility index (Phi) is 2.95. The maximum absolute atomic E-state index is 11.8. The number of nitrogens with zero attached hydrogens (tertiary/aromatic N) is 1. The van der Waals surface area contributed by atoms with Gasteiger partial charge in [0.1, 0.15) is 0 Å². The van der Waals surface area contributed by atoms with Crippen molar-refractivity contribution in [3.8, 4) is 0 Å². The Balaban J connectivity index is 2.22. The Labute approximate surface area is 103 Å². The molecule has 2 rings (SSSR count). The molecule has 0 aromatic heterocycles. The van der Waals surface area contributed by atoms with E-state index in [4.69, 9.17) is 11.6 Å². The Morgan fingerprint density at radius 2 is 1.94 bits per heavy atom. The van der Waals surface area contributed by atoms with Gasteiger partial charge in [0.05, 0.1) is 6.42 Å². The van der Waals surface area contributed by atoms with Gasteiger partial charge in [0.25, 0.3) is 5.91 Å². The van der Waals surface area contributed by atoms with Crippen LogP contribution in [-0.4, -0.2) is 28.0 Å². The zero-order valence-electron chi connectivity index (χ0n) is 8.64. The number of carbonyl (C=O) groups is 2. The van der Waals surface area contributed by atoms with Crippen molar-refractivity contribution < 1.29 is 9.59 Å². The van der Waals surface area contributed by atoms with E-state index in [1.54, 1.807) is 0 Å². The third-order valence-electron chi connectivity index (χ3n) is 2.40. The summed E-state index contributed by atoms with van der Waals surface area (Å²) >= 11 is 7.42. The maximum atomic E-state index is 11.8. The highest BCUT2D eigenvalue weighted by Gasteiger charge is 2.49. The van der Waals surface area contributed by atoms with Crippen molar-refractivity contribution in [2.75, 3.05) is 7.05 Å². The highest BCUT2D eigenvalue weighted by molar-refractivity contribution is 8.02. The number of rotatable bonds is 2. The molecule has 1 aliphatic heterocycles. The third-order valence-corrected chi connectivity index (χ3v) is 4.08. The second kappa shape index (κ2) is 4.11. The summed E-state index contributed by atoms with van der Waals surface area (Å²) < 4.78 is -1.17. The number of imide groups is 1. The molecule has 2 amide bonds. The monoisotopic (exact) mass is 255 g/mol. The molecule has 0 saturated carbocycles. The number of carbonyl (C=O) groups excluding carboxylic acids is 2. The molecule has 1 aliphatic rings. The van der Waals surface area contributed by atoms with E-state index in [0.29, 0.717) is 0 Å². The van der Waals surface area contributed by atoms with Crippen molar-refractivity contribution in [3.63, 3.8) is 0 Å². The molecule has 84 valence electrons. The topological polar surface area (TPSA) is 37.4 Å². The number of amides is 2. The molecule has 1 saturated heterocycles. The third kappa shape index (κ3) is 1.95. The minimum Gasteiger partial charge on any atom is -0.283 e. The van der Waals surface area contributed by atoms with E-state index in [1.807, 2.05) is 30.3 Å². The van der Waals surface area contributed by atoms with Crippen molar-refractivity contribution in [1.82, 2.24) is 4.90 Å². The van der Waals surface area contributed by atoms with Crippen LogP contribution in [0.4, 0.5) is 0 Å². The van der Waals surface area contributed by atoms with Crippen molar-refractivity contribution in [2.24, 2.45) is 0 Å². The average Bonchev–Trinajstić information content (AvgIpc) is 2.44. The van der Waals surface area contributed by atoms with E-state index in [9.17, 15) is 9.59 Å². The molecule has 1 fully saturated rings. The van der Waals surface area contributed by atoms with Crippen LogP contribution < -0.4 is 0 Å². The minimum atomic E-state index is -1.17. The van der Waals surface area contributed by atoms with Crippen LogP contribution in [0.1, 0.15) is 6.42 Å². The molecular formula is C11H10ClNO2S. The molecule has 0 N–H and O–H groups in total. The predicted octanol–water partition coefficient (Wildman–Crippen LogP) is 2.10. The number of thioether (sulfide) groups is 1. The van der Waals surface area contributed by atoms with Gasteiger partial charge in [-0.15, -0.1) is 0 Å². The van der Waals surface area contributed by atoms with Gasteiger partial charge in [-0.05, 0) is 12.1 Å². The summed E-state index contributed by atoms with van der Waals surface area (Å²) in [6, 6.07) is 9.36. The van der Waals surface area contributed by atoms with E-state index in [2.05, 4.69) is 0 Å². The van der Waals surface area contributed by atoms with Crippen LogP contribution in [0.5, 0.6) is 0 Å². The molecule has 3 nitrogen and oxygen atoms in total. The average molecular weight is 256 g/mol. The second-order valence-corrected chi connectivity index (χ2v) is 5.82. The van der Waals surface area contributed by atoms with Gasteiger partial charge in [-0.25, -0.2) is 0 Å². The fourth-order valence-electron chi connectivity index (χ4n) is 1.51. The zero-order chi connectivity index (χ0) is 11.8. The molecule has 1 heterocycles. The van der Waals surface area contributed by atoms with Crippen molar-refractivity contribution in [3.05, 3.63) is 30.3 Å². The number of hydrogen-bond donors (Lipinski definition) is 0. The zero-order valence-corrected chi connectivity index (χ0v) is 10.2. The Hall–Kier alpha value is -1.00. The standard InChI is InChI=1S/C11H10ClNO2S/c1-13-9(14)7-11(12,10(13)15)16-8-5-3-2-4-6-8/h2-6H,7H2,1H3. The van der Waals surface area contributed by atoms with Crippen LogP contribution in [0.25, 0.3) is 0 Å². The fourth-order valence-corrected chi connectivity index (χ4v) is 3.10. The van der Waals surface area contributed by atoms with E-state index in [1.165, 1.54) is 18.8 Å². The van der Waals surface area contributed by atoms with Gasteiger partial charge in [-0.2, -0.15) is 0 Å². The molecular weight excluding hydrogens is 246 g/mol. The van der Waals surface area contributed by atoms with Gasteiger partial charge in [0.2, 0.25) is 5.91 Å². The number of hydrogen-bond acceptors (Lipinski definition) is 3. The smallest absolute Gasteiger partial charge is 0.261 e. The SMILES string of the molecule is CN1C(=O)CC(Cl)(Sc2ccccc2)C1=O. The lowest BCUT2D eigenvalue weighted by Crippen LogP contribution is -2.31. The number of alkyl halides is 1. The second-order valence-electron chi connectivity index (χ2n) is 3.58. The Bertz CT molecular complexity index is 437. The molecule has 0 spiro atoms. The van der Waals surface area contributed by atoms with Crippen LogP contribution >= 0.6 is 23.4 Å². The first-order chi connectivity index (χ1) is 7.53. The normalized spacial score (nSPS) is 25.2. The molecule has 16 heavy (non-hydrogen) atoms. The lowest BCUT2D eigenvalue weighted by atomic mass is 10.3. The molecule has 0 radical (unpaired) electrons. The highest BCUT2D eigenvalue weighted by atomic mass is 35.5. The van der Waals surface area contributed by atoms with E-state index in [-0.39, 0.29) is 18.2 Å². The van der Waals surface area contributed by atoms with E-state index < -0.39 is 4.21 Å². The van der Waals surface area contributed by atoms with Crippen LogP contribution in [-0.2, 0) is 9.59 Å². The summed E-state index contributed by atoms with van der Waals surface area (Å²) in [5.74, 6) is -0.573. The summed E-state index contributed by atoms with van der Waals surface area (Å²) in [6.45, 7) is 0. The van der Waals surface area contributed by atoms with Crippen molar-refractivity contribution in [1.29, 1.82) is 0 Å². The Morgan fingerprint density at radius 1 is 1.31 bits per heavy atom. The summed E-state index contributed by atoms with van der Waals surface area (Å²) in [5.41, 5.74) is 0. The summed E-state index contributed by atoms with van der Waals surface area (Å²) in [5, 5.41) is 0. The minimum absolute atomic E-state index is 0.0451. The molecule has 1 aromatic carbocycles. The number of benzene rings is 1. The van der Waals surface area contributed by atoms with Gasteiger partial charge >= 0.3 is 0 Å². The van der Waals surface area contributed by atoms with Crippen LogP contribution in [0.3, 0.4) is 0 Å². The molecule has 5 heteroatoms. The van der Waals surface area contributed by atoms with Crippen LogP contribution in [0.2, 0.25) is 0 Å². The van der Waals surface area contributed by atoms with Crippen LogP contribution in [0, 0.1) is 0 Å². The number of likely N-dealkylation sites (tertiary alicyclic amines) is 1. The Morgan fingerprint density at radius 3 is 2.44 bits per heavy atom. The maximum Gasteiger partial charge on any atom is 0.261 e. The first-order valence-corrected chi connectivity index (χ1v) is 5.96. The van der Waals surface area contributed by atoms with Gasteiger partial charge in [-0.1, -0.05) is 41.6 Å². The molecule has 1 atom stereocenters. The molecule has 0 aliphatic carbocycles. The van der Waals surface area contributed by atoms with Crippen molar-refractivity contribution in [2.45, 2.75) is 15.5 Å². The van der Waals surface area contributed by atoms with Crippen molar-refractivity contribution >= 4 is 35.2 Å². The molecule has 1 aromatic rings. The van der Waals surface area contributed by atoms with E-state index in [0.717, 1.165) is 9.80 Å². The summed E-state index contributed by atoms with van der Waals surface area (Å²) in [6.07, 6.45) is 0.0451. The summed E-state index contributed by atoms with van der Waals surface area (Å²) in [7, 11) is 1.46. The molecule has 0 bridgehead atoms. The van der Waals surface area contributed by atoms with Gasteiger partial charge in [-0.3, -0.25) is 14.5 Å². The van der Waals surface area contributed by atoms with Crippen LogP contribution in [0.15, 0.2) is 35.2 Å². The quantitative estimate of drug-likeness (QED) is 0.600. The lowest BCUT2D eigenvalue weighted by molar-refractivity contribution is -0.136. The summed E-state index contributed by atoms with van der Waals surface area (Å²) in [4.78, 5) is 25.2. The molecule has 1 unspecified atom stereocenters. The van der Waals surface area contributed by atoms with Gasteiger partial charge in [0.15, 0.2) is 4.21 Å². The van der Waals surface area contributed by atoms with Gasteiger partial charge in [0, 0.05) is 11.9 Å². The lowest BCUT2D eigenvalue weighted by Gasteiger charge is -2.17. The first-order valence-electron chi connectivity index (χ1n) is 4.77. The number of halogens is 1. The fraction of sp³-hybridized carbons (Fsp3) is 0.273. The highest BCUT2D eigenvalue weighted by Crippen LogP contribution is 2.44. The van der Waals surface area contributed by atoms with E-state index >= 15 is 0 Å². The first kappa shape index (κ1) is 11.5. The predicted molar refractivity (Wildman–Crippen MR) is 63.3 cm³/mol. The van der Waals surface area contributed by atoms with Gasteiger partial charge < -0.3 is 0 Å².